The Labute approximate surface area is 411 Å². The molecular formula is C55H60FN3O12. The van der Waals surface area contributed by atoms with Crippen molar-refractivity contribution in [2.75, 3.05) is 25.1 Å². The molecule has 0 unspecified atom stereocenters. The van der Waals surface area contributed by atoms with Crippen LogP contribution in [0, 0.1) is 28.6 Å². The number of alkyl carbamates (subject to hydrolysis) is 1. The number of aliphatic hydroxyl groups is 2. The number of esters is 2. The third-order valence-electron chi connectivity index (χ3n) is 15.3. The van der Waals surface area contributed by atoms with Crippen LogP contribution in [0.25, 0.3) is 10.8 Å². The Kier molecular flexibility index (Phi) is 13.9. The number of alkyl halides is 1. The first-order valence-corrected chi connectivity index (χ1v) is 23.9. The number of benzene rings is 3. The number of aliphatic hydroxyl groups excluding tert-OH is 1. The fraction of sp³-hybridized carbons (Fsp3) is 0.436. The van der Waals surface area contributed by atoms with Gasteiger partial charge in [-0.15, -0.1) is 0 Å². The number of fused-ring (bicyclic) bond motifs is 6. The van der Waals surface area contributed by atoms with Crippen LogP contribution in [0.15, 0.2) is 109 Å². The predicted molar refractivity (Wildman–Crippen MR) is 259 cm³/mol. The molecule has 9 atom stereocenters. The summed E-state index contributed by atoms with van der Waals surface area (Å²) >= 11 is 0. The zero-order chi connectivity index (χ0) is 51.1. The fourth-order valence-corrected chi connectivity index (χ4v) is 11.6. The lowest BCUT2D eigenvalue weighted by atomic mass is 9.44. The first kappa shape index (κ1) is 50.6. The number of ketones is 2. The van der Waals surface area contributed by atoms with E-state index in [4.69, 9.17) is 18.9 Å². The number of aromatic nitrogens is 1. The molecular weight excluding hydrogens is 914 g/mol. The van der Waals surface area contributed by atoms with E-state index < -0.39 is 94.5 Å². The largest absolute Gasteiger partial charge is 0.482 e. The van der Waals surface area contributed by atoms with Crippen molar-refractivity contribution in [3.8, 4) is 5.75 Å². The molecule has 71 heavy (non-hydrogen) atoms. The third kappa shape index (κ3) is 9.71. The van der Waals surface area contributed by atoms with Gasteiger partial charge in [0.05, 0.1) is 17.6 Å². The molecule has 2 amide bonds. The van der Waals surface area contributed by atoms with Crippen LogP contribution in [0.4, 0.5) is 14.9 Å². The smallest absolute Gasteiger partial charge is 0.407 e. The summed E-state index contributed by atoms with van der Waals surface area (Å²) in [7, 11) is 0. The number of hydrogen-bond donors (Lipinski definition) is 4. The van der Waals surface area contributed by atoms with Gasteiger partial charge in [0.25, 0.3) is 0 Å². The van der Waals surface area contributed by atoms with E-state index >= 15 is 4.39 Å². The number of amides is 2. The molecule has 4 N–H and O–H groups in total. The van der Waals surface area contributed by atoms with Crippen LogP contribution in [-0.4, -0.2) is 93.4 Å². The van der Waals surface area contributed by atoms with Gasteiger partial charge in [0.1, 0.15) is 23.6 Å². The Morgan fingerprint density at radius 2 is 1.66 bits per heavy atom. The van der Waals surface area contributed by atoms with Crippen molar-refractivity contribution < 1.29 is 62.3 Å². The molecule has 3 saturated carbocycles. The van der Waals surface area contributed by atoms with Gasteiger partial charge in [0, 0.05) is 46.8 Å². The van der Waals surface area contributed by atoms with Crippen LogP contribution in [0.2, 0.25) is 0 Å². The molecule has 1 heterocycles. The number of allylic oxidation sites excluding steroid dienone is 4. The maximum absolute atomic E-state index is 17.5. The molecule has 3 fully saturated rings. The van der Waals surface area contributed by atoms with Crippen molar-refractivity contribution in [3.63, 3.8) is 0 Å². The van der Waals surface area contributed by atoms with Gasteiger partial charge in [-0.2, -0.15) is 0 Å². The van der Waals surface area contributed by atoms with Crippen LogP contribution in [0.1, 0.15) is 94.6 Å². The van der Waals surface area contributed by atoms with Gasteiger partial charge in [-0.1, -0.05) is 55.8 Å². The standard InChI is InChI=1S/C55H60FN3O12/c1-32-23-44-43-18-14-38-25-40(60)19-21-52(38,5)54(43,56)45(61)26-53(44,6)55(32,67)46(62)30-69-47(63)31-68-41-16-12-35(13-17-41)49(65)70-29-33-7-9-34(10-8-33)42(28-58-50(66)71-51(2,3)4)48(64)59-39-15-11-37-27-57-22-20-36(37)24-39/h7-13,15-17,19-22,24-25,27,32,42-45,61,67H,14,18,23,26,28-31H2,1-6H3,(H,58,66)(H,59,64)/t32-,42-,43+,44+,45+,52+,53+,54+,55+/m1/s1. The van der Waals surface area contributed by atoms with Crippen LogP contribution in [-0.2, 0) is 40.0 Å². The van der Waals surface area contributed by atoms with Gasteiger partial charge in [0.15, 0.2) is 24.7 Å². The summed E-state index contributed by atoms with van der Waals surface area (Å²) in [5, 5.41) is 31.3. The number of pyridine rings is 1. The number of ether oxygens (including phenoxy) is 4. The summed E-state index contributed by atoms with van der Waals surface area (Å²) in [6.07, 6.45) is 6.43. The van der Waals surface area contributed by atoms with Gasteiger partial charge < -0.3 is 39.8 Å². The molecule has 1 aromatic heterocycles. The average Bonchev–Trinajstić information content (AvgIpc) is 3.53. The first-order chi connectivity index (χ1) is 33.6. The molecule has 3 aromatic carbocycles. The number of carbonyl (C=O) groups is 6. The number of nitrogens with zero attached hydrogens (tertiary/aromatic N) is 1. The van der Waals surface area contributed by atoms with E-state index in [9.17, 15) is 39.0 Å². The summed E-state index contributed by atoms with van der Waals surface area (Å²) in [6.45, 7) is 8.85. The van der Waals surface area contributed by atoms with E-state index in [1.54, 1.807) is 90.3 Å². The number of halogens is 1. The number of hydrogen-bond acceptors (Lipinski definition) is 13. The molecule has 4 aliphatic rings. The molecule has 0 radical (unpaired) electrons. The van der Waals surface area contributed by atoms with Gasteiger partial charge in [-0.3, -0.25) is 19.4 Å². The maximum atomic E-state index is 17.5. The minimum Gasteiger partial charge on any atom is -0.482 e. The van der Waals surface area contributed by atoms with Gasteiger partial charge in [-0.25, -0.2) is 18.8 Å². The minimum atomic E-state index is -2.12. The fourth-order valence-electron chi connectivity index (χ4n) is 11.6. The summed E-state index contributed by atoms with van der Waals surface area (Å²) in [4.78, 5) is 82.3. The topological polar surface area (TPSA) is 217 Å². The lowest BCUT2D eigenvalue weighted by Crippen LogP contribution is -2.69. The number of Topliss-reactive ketones (excluding diaryl/α,β-unsaturated/α-hetero) is 1. The molecule has 4 aromatic rings. The highest BCUT2D eigenvalue weighted by Gasteiger charge is 2.75. The first-order valence-electron chi connectivity index (χ1n) is 23.9. The molecule has 15 nitrogen and oxygen atoms in total. The van der Waals surface area contributed by atoms with Crippen LogP contribution in [0.5, 0.6) is 5.75 Å². The highest BCUT2D eigenvalue weighted by atomic mass is 19.1. The predicted octanol–water partition coefficient (Wildman–Crippen LogP) is 7.68. The Bertz CT molecular complexity index is 2810. The highest BCUT2D eigenvalue weighted by molar-refractivity contribution is 6.01. The van der Waals surface area contributed by atoms with E-state index in [-0.39, 0.29) is 42.6 Å². The molecule has 0 bridgehead atoms. The molecule has 0 spiro atoms. The number of rotatable bonds is 14. The quantitative estimate of drug-likeness (QED) is 0.0706. The van der Waals surface area contributed by atoms with Crippen LogP contribution >= 0.6 is 0 Å². The van der Waals surface area contributed by atoms with Crippen molar-refractivity contribution >= 4 is 52.0 Å². The van der Waals surface area contributed by atoms with Crippen molar-refractivity contribution in [1.82, 2.24) is 10.3 Å². The van der Waals surface area contributed by atoms with E-state index in [0.717, 1.165) is 10.8 Å². The molecule has 8 rings (SSSR count). The summed E-state index contributed by atoms with van der Waals surface area (Å²) in [5.41, 5.74) is -4.70. The summed E-state index contributed by atoms with van der Waals surface area (Å²) in [5.74, 6) is -5.25. The molecule has 16 heteroatoms. The van der Waals surface area contributed by atoms with Gasteiger partial charge in [0.2, 0.25) is 11.7 Å². The van der Waals surface area contributed by atoms with E-state index in [0.29, 0.717) is 41.6 Å². The second-order valence-electron chi connectivity index (χ2n) is 20.7. The molecule has 374 valence electrons. The number of nitrogens with one attached hydrogen (secondary N) is 2. The van der Waals surface area contributed by atoms with Crippen LogP contribution in [0.3, 0.4) is 0 Å². The van der Waals surface area contributed by atoms with E-state index in [1.807, 2.05) is 18.2 Å². The zero-order valence-electron chi connectivity index (χ0n) is 40.7. The van der Waals surface area contributed by atoms with E-state index in [1.165, 1.54) is 36.4 Å². The second-order valence-corrected chi connectivity index (χ2v) is 20.7. The number of carbonyl (C=O) groups excluding carboxylic acids is 6. The van der Waals surface area contributed by atoms with Gasteiger partial charge in [-0.05, 0) is 136 Å². The van der Waals surface area contributed by atoms with Crippen molar-refractivity contribution in [3.05, 3.63) is 126 Å². The minimum absolute atomic E-state index is 0.0576. The number of anilines is 1. The SMILES string of the molecule is C[C@@H]1C[C@H]2[C@@H]3CCC4=CC(=O)C=C[C@]4(C)[C@@]3(F)[C@@H](O)C[C@]2(C)[C@@]1(O)C(=O)COC(=O)COc1ccc(C(=O)OCc2ccc([C@@H](CNC(=O)OC(C)(C)C)C(=O)Nc3ccc4cnccc4c3)cc2)cc1. The average molecular weight is 974 g/mol. The van der Waals surface area contributed by atoms with Crippen LogP contribution < -0.4 is 15.4 Å². The summed E-state index contributed by atoms with van der Waals surface area (Å²) in [6, 6.07) is 20.0. The second kappa shape index (κ2) is 19.4. The van der Waals surface area contributed by atoms with Crippen molar-refractivity contribution in [2.45, 2.75) is 103 Å². The monoisotopic (exact) mass is 973 g/mol. The summed E-state index contributed by atoms with van der Waals surface area (Å²) < 4.78 is 39.3. The molecule has 4 aliphatic carbocycles. The normalized spacial score (nSPS) is 28.0. The highest BCUT2D eigenvalue weighted by Crippen LogP contribution is 2.70. The van der Waals surface area contributed by atoms with Crippen molar-refractivity contribution in [2.24, 2.45) is 28.6 Å². The third-order valence-corrected chi connectivity index (χ3v) is 15.3. The Balaban J connectivity index is 0.824. The molecule has 0 aliphatic heterocycles. The van der Waals surface area contributed by atoms with E-state index in [2.05, 4.69) is 15.6 Å². The Morgan fingerprint density at radius 1 is 0.930 bits per heavy atom. The lowest BCUT2D eigenvalue weighted by molar-refractivity contribution is -0.220. The molecule has 0 saturated heterocycles. The maximum Gasteiger partial charge on any atom is 0.407 e. The zero-order valence-corrected chi connectivity index (χ0v) is 40.7. The van der Waals surface area contributed by atoms with Gasteiger partial charge >= 0.3 is 18.0 Å². The Morgan fingerprint density at radius 3 is 2.38 bits per heavy atom. The van der Waals surface area contributed by atoms with Crippen molar-refractivity contribution in [1.29, 1.82) is 0 Å². The lowest BCUT2D eigenvalue weighted by Gasteiger charge is -2.62. The Hall–Kier alpha value is -6.78.